The highest BCUT2D eigenvalue weighted by Crippen LogP contribution is 2.18. The number of aliphatic hydroxyl groups excluding tert-OH is 1. The summed E-state index contributed by atoms with van der Waals surface area (Å²) in [5, 5.41) is 21.5. The van der Waals surface area contributed by atoms with Gasteiger partial charge in [-0.05, 0) is 19.4 Å². The lowest BCUT2D eigenvalue weighted by molar-refractivity contribution is 0.182. The molecule has 2 aromatic rings. The van der Waals surface area contributed by atoms with Gasteiger partial charge in [-0.1, -0.05) is 32.0 Å². The van der Waals surface area contributed by atoms with Crippen molar-refractivity contribution in [2.24, 2.45) is 4.99 Å². The molecule has 0 radical (unpaired) electrons. The molecule has 2 unspecified atom stereocenters. The molecule has 3 N–H and O–H groups in total. The Morgan fingerprint density at radius 1 is 1.39 bits per heavy atom. The first-order valence-electron chi connectivity index (χ1n) is 9.88. The van der Waals surface area contributed by atoms with Gasteiger partial charge < -0.3 is 15.7 Å². The molecule has 0 saturated carbocycles. The van der Waals surface area contributed by atoms with Crippen LogP contribution in [-0.2, 0) is 13.0 Å². The predicted octanol–water partition coefficient (Wildman–Crippen LogP) is 2.14. The highest BCUT2D eigenvalue weighted by atomic mass is 19.1. The van der Waals surface area contributed by atoms with Crippen molar-refractivity contribution in [1.29, 1.82) is 0 Å². The summed E-state index contributed by atoms with van der Waals surface area (Å²) in [7, 11) is 0. The summed E-state index contributed by atoms with van der Waals surface area (Å²) < 4.78 is 15.8. The third kappa shape index (κ3) is 4.86. The Morgan fingerprint density at radius 3 is 2.89 bits per heavy atom. The van der Waals surface area contributed by atoms with Crippen molar-refractivity contribution < 1.29 is 9.50 Å². The fraction of sp³-hybridized carbons (Fsp3) is 0.550. The largest absolute Gasteiger partial charge is 0.386 e. The van der Waals surface area contributed by atoms with Crippen LogP contribution in [0.1, 0.15) is 56.4 Å². The molecule has 0 bridgehead atoms. The molecular weight excluding hydrogens is 359 g/mol. The highest BCUT2D eigenvalue weighted by Gasteiger charge is 2.23. The maximum absolute atomic E-state index is 13.8. The Kier molecular flexibility index (Phi) is 6.61. The predicted molar refractivity (Wildman–Crippen MR) is 107 cm³/mol. The molecule has 28 heavy (non-hydrogen) atoms. The molecule has 2 heterocycles. The number of hydrogen-bond donors (Lipinski definition) is 3. The summed E-state index contributed by atoms with van der Waals surface area (Å²) in [5.74, 6) is 2.40. The third-order valence-corrected chi connectivity index (χ3v) is 4.76. The van der Waals surface area contributed by atoms with Gasteiger partial charge in [0, 0.05) is 30.5 Å². The Balaban J connectivity index is 1.64. The number of nitrogens with zero attached hydrogens (tertiary/aromatic N) is 4. The van der Waals surface area contributed by atoms with E-state index in [2.05, 4.69) is 39.6 Å². The summed E-state index contributed by atoms with van der Waals surface area (Å²) in [4.78, 5) is 9.06. The lowest BCUT2D eigenvalue weighted by Crippen LogP contribution is -2.47. The Labute approximate surface area is 165 Å². The molecule has 1 aliphatic heterocycles. The minimum Gasteiger partial charge on any atom is -0.386 e. The lowest BCUT2D eigenvalue weighted by Gasteiger charge is -2.25. The average molecular weight is 388 g/mol. The monoisotopic (exact) mass is 388 g/mol. The molecule has 3 rings (SSSR count). The smallest absolute Gasteiger partial charge is 0.191 e. The molecule has 0 aliphatic carbocycles. The van der Waals surface area contributed by atoms with E-state index in [9.17, 15) is 9.50 Å². The van der Waals surface area contributed by atoms with Gasteiger partial charge in [0.1, 0.15) is 17.7 Å². The highest BCUT2D eigenvalue weighted by molar-refractivity contribution is 5.80. The molecule has 0 spiro atoms. The number of aliphatic hydroxyl groups is 1. The maximum Gasteiger partial charge on any atom is 0.191 e. The van der Waals surface area contributed by atoms with Crippen molar-refractivity contribution in [1.82, 2.24) is 25.4 Å². The van der Waals surface area contributed by atoms with Crippen molar-refractivity contribution in [2.75, 3.05) is 13.1 Å². The minimum atomic E-state index is -0.987. The fourth-order valence-electron chi connectivity index (χ4n) is 3.23. The van der Waals surface area contributed by atoms with Gasteiger partial charge in [0.05, 0.1) is 13.1 Å². The Hall–Kier alpha value is -2.48. The van der Waals surface area contributed by atoms with Gasteiger partial charge in [0.15, 0.2) is 11.8 Å². The molecule has 2 atom stereocenters. The molecule has 8 heteroatoms. The number of halogens is 1. The lowest BCUT2D eigenvalue weighted by atomic mass is 10.1. The quantitative estimate of drug-likeness (QED) is 0.521. The summed E-state index contributed by atoms with van der Waals surface area (Å²) in [6.45, 7) is 7.66. The molecule has 1 aromatic heterocycles. The van der Waals surface area contributed by atoms with Crippen LogP contribution in [0.2, 0.25) is 0 Å². The molecule has 0 fully saturated rings. The van der Waals surface area contributed by atoms with E-state index < -0.39 is 11.9 Å². The first kappa shape index (κ1) is 20.3. The molecule has 0 saturated heterocycles. The van der Waals surface area contributed by atoms with Gasteiger partial charge >= 0.3 is 0 Å². The second kappa shape index (κ2) is 9.14. The number of aliphatic imine (C=N–C) groups is 1. The average Bonchev–Trinajstić information content (AvgIpc) is 3.10. The van der Waals surface area contributed by atoms with Gasteiger partial charge in [-0.15, -0.1) is 0 Å². The van der Waals surface area contributed by atoms with Gasteiger partial charge in [-0.3, -0.25) is 4.99 Å². The van der Waals surface area contributed by atoms with E-state index >= 15 is 0 Å². The van der Waals surface area contributed by atoms with Crippen LogP contribution in [0.5, 0.6) is 0 Å². The van der Waals surface area contributed by atoms with Crippen molar-refractivity contribution >= 4 is 5.96 Å². The van der Waals surface area contributed by atoms with E-state index in [0.29, 0.717) is 18.4 Å². The van der Waals surface area contributed by atoms with Crippen LogP contribution < -0.4 is 10.6 Å². The van der Waals surface area contributed by atoms with Crippen LogP contribution in [0.4, 0.5) is 4.39 Å². The van der Waals surface area contributed by atoms with Gasteiger partial charge in [-0.2, -0.15) is 5.10 Å². The topological polar surface area (TPSA) is 87.4 Å². The van der Waals surface area contributed by atoms with Crippen LogP contribution in [0.3, 0.4) is 0 Å². The van der Waals surface area contributed by atoms with Crippen LogP contribution >= 0.6 is 0 Å². The van der Waals surface area contributed by atoms with Crippen LogP contribution in [-0.4, -0.2) is 45.0 Å². The van der Waals surface area contributed by atoms with Gasteiger partial charge in [0.2, 0.25) is 0 Å². The summed E-state index contributed by atoms with van der Waals surface area (Å²) >= 11 is 0. The first-order valence-corrected chi connectivity index (χ1v) is 9.88. The number of fused-ring (bicyclic) bond motifs is 1. The number of hydrogen-bond acceptors (Lipinski definition) is 4. The molecule has 152 valence electrons. The fourth-order valence-corrected chi connectivity index (χ4v) is 3.23. The van der Waals surface area contributed by atoms with Gasteiger partial charge in [-0.25, -0.2) is 14.1 Å². The number of benzene rings is 1. The van der Waals surface area contributed by atoms with Crippen molar-refractivity contribution in [2.45, 2.75) is 58.2 Å². The normalized spacial score (nSPS) is 18.1. The van der Waals surface area contributed by atoms with Crippen LogP contribution in [0, 0.1) is 5.82 Å². The van der Waals surface area contributed by atoms with E-state index in [1.807, 2.05) is 11.6 Å². The number of aryl methyl sites for hydroxylation is 1. The summed E-state index contributed by atoms with van der Waals surface area (Å²) in [6.07, 6.45) is 0.795. The molecule has 1 aromatic carbocycles. The summed E-state index contributed by atoms with van der Waals surface area (Å²) in [6, 6.07) is 6.40. The zero-order chi connectivity index (χ0) is 20.1. The molecular formula is C20H29FN6O. The summed E-state index contributed by atoms with van der Waals surface area (Å²) in [5.41, 5.74) is 0.258. The second-order valence-corrected chi connectivity index (χ2v) is 7.36. The molecule has 1 aliphatic rings. The van der Waals surface area contributed by atoms with E-state index in [0.717, 1.165) is 31.0 Å². The number of guanidine groups is 1. The zero-order valence-corrected chi connectivity index (χ0v) is 16.7. The van der Waals surface area contributed by atoms with E-state index in [1.54, 1.807) is 18.2 Å². The van der Waals surface area contributed by atoms with E-state index in [4.69, 9.17) is 0 Å². The second-order valence-electron chi connectivity index (χ2n) is 7.36. The number of nitrogens with one attached hydrogen (secondary N) is 2. The van der Waals surface area contributed by atoms with Crippen molar-refractivity contribution in [3.63, 3.8) is 0 Å². The van der Waals surface area contributed by atoms with Crippen molar-refractivity contribution in [3.8, 4) is 0 Å². The van der Waals surface area contributed by atoms with E-state index in [-0.39, 0.29) is 18.2 Å². The van der Waals surface area contributed by atoms with Crippen LogP contribution in [0.15, 0.2) is 29.3 Å². The molecule has 0 amide bonds. The standard InChI is InChI=1S/C20H29FN6O/c1-4-22-20(23-11-17(28)15-7-5-6-8-16(15)21)24-14-9-10-18-25-19(13(2)3)26-27(18)12-14/h5-8,13-14,17,28H,4,9-12H2,1-3H3,(H2,22,23,24). The number of aromatic nitrogens is 3. The first-order chi connectivity index (χ1) is 13.5. The minimum absolute atomic E-state index is 0.0784. The van der Waals surface area contributed by atoms with Crippen LogP contribution in [0.25, 0.3) is 0 Å². The van der Waals surface area contributed by atoms with E-state index in [1.165, 1.54) is 6.07 Å². The maximum atomic E-state index is 13.8. The SMILES string of the molecule is CCNC(=NCC(O)c1ccccc1F)NC1CCc2nc(C(C)C)nn2C1. The molecule has 7 nitrogen and oxygen atoms in total. The third-order valence-electron chi connectivity index (χ3n) is 4.76. The van der Waals surface area contributed by atoms with Crippen molar-refractivity contribution in [3.05, 3.63) is 47.3 Å². The Morgan fingerprint density at radius 2 is 2.18 bits per heavy atom. The van der Waals surface area contributed by atoms with Gasteiger partial charge in [0.25, 0.3) is 0 Å². The Bertz CT molecular complexity index is 819. The zero-order valence-electron chi connectivity index (χ0n) is 16.7. The number of rotatable bonds is 6.